The number of guanidine groups is 1. The number of carbonyl (C=O) groups is 3. The van der Waals surface area contributed by atoms with Gasteiger partial charge in [0.25, 0.3) is 5.91 Å². The van der Waals surface area contributed by atoms with E-state index in [9.17, 15) is 29.7 Å². The number of hydrogen-bond acceptors (Lipinski definition) is 7. The molecule has 1 aliphatic rings. The number of carbonyl (C=O) groups excluding carboxylic acids is 2. The number of hydrogen-bond donors (Lipinski definition) is 7. The van der Waals surface area contributed by atoms with E-state index in [1.165, 1.54) is 0 Å². The Morgan fingerprint density at radius 3 is 2.48 bits per heavy atom. The summed E-state index contributed by atoms with van der Waals surface area (Å²) >= 11 is 0. The van der Waals surface area contributed by atoms with Crippen LogP contribution in [0.3, 0.4) is 0 Å². The Kier molecular flexibility index (Phi) is 8.30. The van der Waals surface area contributed by atoms with Gasteiger partial charge < -0.3 is 42.2 Å². The molecule has 31 heavy (non-hydrogen) atoms. The monoisotopic (exact) mass is 437 g/mol. The van der Waals surface area contributed by atoms with E-state index < -0.39 is 54.8 Å². The molecule has 4 atom stereocenters. The third kappa shape index (κ3) is 6.38. The highest BCUT2D eigenvalue weighted by molar-refractivity contribution is 5.98. The highest BCUT2D eigenvalue weighted by atomic mass is 16.6. The molecule has 12 nitrogen and oxygen atoms in total. The number of aliphatic hydroxyl groups excluding tert-OH is 2. The van der Waals surface area contributed by atoms with Crippen LogP contribution < -0.4 is 22.1 Å². The average Bonchev–Trinajstić information content (AvgIpc) is 3.07. The second-order valence-electron chi connectivity index (χ2n) is 7.07. The number of nitrogens with one attached hydrogen (secondary N) is 2. The first kappa shape index (κ1) is 24.1. The Balaban J connectivity index is 2.16. The van der Waals surface area contributed by atoms with Gasteiger partial charge in [-0.3, -0.25) is 14.6 Å². The maximum atomic E-state index is 12.9. The highest BCUT2D eigenvalue weighted by Crippen LogP contribution is 2.29. The molecule has 1 aromatic rings. The quantitative estimate of drug-likeness (QED) is 0.121. The van der Waals surface area contributed by atoms with Crippen molar-refractivity contribution in [3.8, 4) is 0 Å². The summed E-state index contributed by atoms with van der Waals surface area (Å²) < 4.78 is 5.24. The largest absolute Gasteiger partial charge is 0.478 e. The van der Waals surface area contributed by atoms with Crippen molar-refractivity contribution in [2.45, 2.75) is 43.2 Å². The number of nitrogens with two attached hydrogens (primary N) is 2. The topological polar surface area (TPSA) is 210 Å². The van der Waals surface area contributed by atoms with Gasteiger partial charge in [-0.2, -0.15) is 0 Å². The number of carboxylic acid groups (broad SMARTS) is 1. The fraction of sp³-hybridized carbons (Fsp3) is 0.474. The molecule has 1 aliphatic heterocycles. The molecule has 1 heterocycles. The van der Waals surface area contributed by atoms with Gasteiger partial charge in [-0.15, -0.1) is 0 Å². The number of aliphatic hydroxyl groups is 2. The van der Waals surface area contributed by atoms with Crippen molar-refractivity contribution in [1.29, 1.82) is 0 Å². The van der Waals surface area contributed by atoms with E-state index in [1.54, 1.807) is 30.3 Å². The van der Waals surface area contributed by atoms with E-state index >= 15 is 0 Å². The first-order valence-electron chi connectivity index (χ1n) is 9.62. The first-order chi connectivity index (χ1) is 14.7. The Labute approximate surface area is 178 Å². The third-order valence-corrected chi connectivity index (χ3v) is 4.73. The molecule has 0 aliphatic carbocycles. The lowest BCUT2D eigenvalue weighted by atomic mass is 10.0. The first-order valence-corrected chi connectivity index (χ1v) is 9.62. The average molecular weight is 437 g/mol. The molecule has 170 valence electrons. The van der Waals surface area contributed by atoms with E-state index in [0.29, 0.717) is 12.0 Å². The van der Waals surface area contributed by atoms with Crippen molar-refractivity contribution < 1.29 is 34.4 Å². The molecule has 2 rings (SSSR count). The van der Waals surface area contributed by atoms with Crippen LogP contribution in [0.15, 0.2) is 35.3 Å². The summed E-state index contributed by atoms with van der Waals surface area (Å²) in [5.41, 5.74) is 8.63. The minimum absolute atomic E-state index is 0.100. The second kappa shape index (κ2) is 10.7. The van der Waals surface area contributed by atoms with Gasteiger partial charge in [0.1, 0.15) is 12.1 Å². The number of rotatable bonds is 10. The number of aliphatic carboxylic acids is 1. The Bertz CT molecular complexity index is 815. The molecule has 2 amide bonds. The van der Waals surface area contributed by atoms with Gasteiger partial charge in [0.2, 0.25) is 11.6 Å². The molecule has 0 radical (unpaired) electrons. The summed E-state index contributed by atoms with van der Waals surface area (Å²) in [5.74, 6) is -3.03. The summed E-state index contributed by atoms with van der Waals surface area (Å²) in [5, 5.41) is 33.6. The Morgan fingerprint density at radius 1 is 1.26 bits per heavy atom. The van der Waals surface area contributed by atoms with Gasteiger partial charge in [-0.1, -0.05) is 18.2 Å². The van der Waals surface area contributed by atoms with Crippen LogP contribution in [0, 0.1) is 0 Å². The van der Waals surface area contributed by atoms with Crippen LogP contribution in [0.2, 0.25) is 0 Å². The van der Waals surface area contributed by atoms with E-state index in [2.05, 4.69) is 15.6 Å². The molecule has 9 N–H and O–H groups in total. The summed E-state index contributed by atoms with van der Waals surface area (Å²) in [6.45, 7) is -0.433. The third-order valence-electron chi connectivity index (χ3n) is 4.73. The predicted molar refractivity (Wildman–Crippen MR) is 109 cm³/mol. The number of nitrogens with zero attached hydrogens (tertiary/aromatic N) is 1. The molecular weight excluding hydrogens is 410 g/mol. The molecule has 1 saturated heterocycles. The molecule has 3 unspecified atom stereocenters. The number of aliphatic imine (C=N–C) groups is 1. The zero-order valence-corrected chi connectivity index (χ0v) is 16.7. The van der Waals surface area contributed by atoms with Crippen LogP contribution in [0.25, 0.3) is 0 Å². The molecule has 12 heteroatoms. The maximum absolute atomic E-state index is 12.9. The zero-order valence-electron chi connectivity index (χ0n) is 16.7. The van der Waals surface area contributed by atoms with E-state index in [1.807, 2.05) is 0 Å². The minimum Gasteiger partial charge on any atom is -0.478 e. The van der Waals surface area contributed by atoms with Gasteiger partial charge in [0, 0.05) is 18.5 Å². The van der Waals surface area contributed by atoms with Crippen LogP contribution in [0.5, 0.6) is 0 Å². The van der Waals surface area contributed by atoms with Crippen LogP contribution in [-0.4, -0.2) is 76.2 Å². The van der Waals surface area contributed by atoms with Crippen molar-refractivity contribution in [3.63, 3.8) is 0 Å². The summed E-state index contributed by atoms with van der Waals surface area (Å²) in [6, 6.07) is 7.03. The van der Waals surface area contributed by atoms with Gasteiger partial charge in [0.15, 0.2) is 5.96 Å². The lowest BCUT2D eigenvalue weighted by Crippen LogP contribution is -2.59. The Hall–Kier alpha value is -3.22. The van der Waals surface area contributed by atoms with E-state index in [0.717, 1.165) is 0 Å². The van der Waals surface area contributed by atoms with Gasteiger partial charge in [-0.25, -0.2) is 4.79 Å². The fourth-order valence-electron chi connectivity index (χ4n) is 3.13. The molecular formula is C19H27N5O7. The standard InChI is InChI=1S/C19H27N5O7/c20-18(21)22-8-4-7-12(23-15(27)11-5-2-1-3-6-11)16(28)24-19(17(29)30)9-13(26)14(10-25)31-19/h1-3,5-6,12-14,25-26H,4,7-10H2,(H,23,27)(H,24,28)(H,29,30)(H4,20,21,22)/t12-,13?,14?,19?/m0/s1. The number of ether oxygens (including phenoxy) is 1. The molecule has 1 aromatic carbocycles. The van der Waals surface area contributed by atoms with Gasteiger partial charge in [0.05, 0.1) is 12.7 Å². The van der Waals surface area contributed by atoms with Crippen molar-refractivity contribution >= 4 is 23.7 Å². The summed E-state index contributed by atoms with van der Waals surface area (Å²) in [6.07, 6.45) is -2.51. The smallest absolute Gasteiger partial charge is 0.357 e. The SMILES string of the molecule is NC(N)=NCCC[C@H](NC(=O)c1ccccc1)C(=O)NC1(C(=O)O)CC(O)C(CO)O1. The molecule has 0 bridgehead atoms. The van der Waals surface area contributed by atoms with Crippen molar-refractivity contribution in [2.24, 2.45) is 16.5 Å². The van der Waals surface area contributed by atoms with Gasteiger partial charge >= 0.3 is 5.97 Å². The Morgan fingerprint density at radius 2 is 1.94 bits per heavy atom. The fourth-order valence-corrected chi connectivity index (χ4v) is 3.13. The number of carboxylic acids is 1. The summed E-state index contributed by atoms with van der Waals surface area (Å²) in [7, 11) is 0. The number of amides is 2. The van der Waals surface area contributed by atoms with Crippen LogP contribution in [-0.2, 0) is 14.3 Å². The predicted octanol–water partition coefficient (Wildman–Crippen LogP) is -2.12. The van der Waals surface area contributed by atoms with E-state index in [-0.39, 0.29) is 18.9 Å². The van der Waals surface area contributed by atoms with Crippen molar-refractivity contribution in [1.82, 2.24) is 10.6 Å². The van der Waals surface area contributed by atoms with E-state index in [4.69, 9.17) is 16.2 Å². The second-order valence-corrected chi connectivity index (χ2v) is 7.07. The van der Waals surface area contributed by atoms with Gasteiger partial charge in [-0.05, 0) is 25.0 Å². The van der Waals surface area contributed by atoms with Crippen LogP contribution >= 0.6 is 0 Å². The maximum Gasteiger partial charge on any atom is 0.357 e. The highest BCUT2D eigenvalue weighted by Gasteiger charge is 2.53. The number of benzene rings is 1. The lowest BCUT2D eigenvalue weighted by molar-refractivity contribution is -0.174. The zero-order chi connectivity index (χ0) is 23.0. The molecule has 0 aromatic heterocycles. The van der Waals surface area contributed by atoms with Crippen molar-refractivity contribution in [3.05, 3.63) is 35.9 Å². The normalized spacial score (nSPS) is 23.5. The van der Waals surface area contributed by atoms with Crippen molar-refractivity contribution in [2.75, 3.05) is 13.2 Å². The summed E-state index contributed by atoms with van der Waals surface area (Å²) in [4.78, 5) is 41.0. The minimum atomic E-state index is -2.24. The van der Waals surface area contributed by atoms with Crippen LogP contribution in [0.4, 0.5) is 0 Å². The molecule has 1 fully saturated rings. The molecule has 0 spiro atoms. The van der Waals surface area contributed by atoms with Crippen LogP contribution in [0.1, 0.15) is 29.6 Å². The molecule has 0 saturated carbocycles. The lowest BCUT2D eigenvalue weighted by Gasteiger charge is -2.28.